The lowest BCUT2D eigenvalue weighted by molar-refractivity contribution is 0.0644. The normalized spacial score (nSPS) is 13.1. The molecule has 1 aromatic rings. The van der Waals surface area contributed by atoms with Gasteiger partial charge in [-0.05, 0) is 22.0 Å². The van der Waals surface area contributed by atoms with Gasteiger partial charge in [-0.2, -0.15) is 0 Å². The van der Waals surface area contributed by atoms with E-state index < -0.39 is 6.10 Å². The zero-order valence-electron chi connectivity index (χ0n) is 8.30. The molecule has 0 fully saturated rings. The van der Waals surface area contributed by atoms with Crippen LogP contribution in [0, 0.1) is 0 Å². The molecule has 15 heavy (non-hydrogen) atoms. The van der Waals surface area contributed by atoms with Crippen molar-refractivity contribution in [2.75, 3.05) is 20.3 Å². The number of halogens is 2. The second-order valence-corrected chi connectivity index (χ2v) is 5.67. The van der Waals surface area contributed by atoms with Crippen molar-refractivity contribution in [3.8, 4) is 0 Å². The number of aliphatic hydroxyl groups is 1. The molecule has 0 aliphatic heterocycles. The van der Waals surface area contributed by atoms with Crippen LogP contribution in [0.5, 0.6) is 0 Å². The standard InChI is InChI=1S/C9H13BrClNO2S/c1-14-5-6(13)3-12-4-7-2-8(10)9(11)15-7/h2,6,12-13H,3-5H2,1H3. The molecule has 0 amide bonds. The lowest BCUT2D eigenvalue weighted by atomic mass is 10.3. The van der Waals surface area contributed by atoms with Gasteiger partial charge in [-0.1, -0.05) is 11.6 Å². The molecule has 0 bridgehead atoms. The second kappa shape index (κ2) is 6.83. The molecule has 6 heteroatoms. The van der Waals surface area contributed by atoms with Crippen LogP contribution < -0.4 is 5.32 Å². The first kappa shape index (κ1) is 13.4. The number of ether oxygens (including phenoxy) is 1. The number of aliphatic hydroxyl groups excluding tert-OH is 1. The van der Waals surface area contributed by atoms with Gasteiger partial charge in [-0.25, -0.2) is 0 Å². The van der Waals surface area contributed by atoms with Crippen molar-refractivity contribution in [2.45, 2.75) is 12.6 Å². The maximum atomic E-state index is 9.37. The molecule has 1 heterocycles. The molecule has 0 aliphatic carbocycles. The fourth-order valence-electron chi connectivity index (χ4n) is 1.09. The Morgan fingerprint density at radius 2 is 2.47 bits per heavy atom. The van der Waals surface area contributed by atoms with Crippen LogP contribution >= 0.6 is 38.9 Å². The third-order valence-corrected chi connectivity index (χ3v) is 4.21. The quantitative estimate of drug-likeness (QED) is 0.846. The minimum atomic E-state index is -0.464. The summed E-state index contributed by atoms with van der Waals surface area (Å²) in [5, 5.41) is 12.5. The van der Waals surface area contributed by atoms with Crippen LogP contribution in [0.3, 0.4) is 0 Å². The van der Waals surface area contributed by atoms with Gasteiger partial charge in [0.2, 0.25) is 0 Å². The maximum Gasteiger partial charge on any atom is 0.107 e. The van der Waals surface area contributed by atoms with Crippen LogP contribution in [0.1, 0.15) is 4.88 Å². The molecular weight excluding hydrogens is 302 g/mol. The van der Waals surface area contributed by atoms with Gasteiger partial charge in [0, 0.05) is 29.5 Å². The second-order valence-electron chi connectivity index (χ2n) is 3.07. The highest BCUT2D eigenvalue weighted by Crippen LogP contribution is 2.31. The first-order valence-corrected chi connectivity index (χ1v) is 6.43. The number of rotatable bonds is 6. The van der Waals surface area contributed by atoms with Crippen LogP contribution in [-0.4, -0.2) is 31.5 Å². The van der Waals surface area contributed by atoms with Crippen molar-refractivity contribution in [1.29, 1.82) is 0 Å². The van der Waals surface area contributed by atoms with Gasteiger partial charge in [0.25, 0.3) is 0 Å². The van der Waals surface area contributed by atoms with E-state index in [1.54, 1.807) is 7.11 Å². The van der Waals surface area contributed by atoms with Crippen molar-refractivity contribution in [3.05, 3.63) is 19.8 Å². The van der Waals surface area contributed by atoms with E-state index in [-0.39, 0.29) is 0 Å². The van der Waals surface area contributed by atoms with Crippen LogP contribution in [0.25, 0.3) is 0 Å². The number of methoxy groups -OCH3 is 1. The molecule has 0 radical (unpaired) electrons. The summed E-state index contributed by atoms with van der Waals surface area (Å²) in [5.41, 5.74) is 0. The van der Waals surface area contributed by atoms with Gasteiger partial charge in [-0.15, -0.1) is 11.3 Å². The molecule has 0 saturated heterocycles. The Morgan fingerprint density at radius 1 is 1.73 bits per heavy atom. The fourth-order valence-corrected chi connectivity index (χ4v) is 2.85. The Morgan fingerprint density at radius 3 is 3.00 bits per heavy atom. The van der Waals surface area contributed by atoms with Crippen molar-refractivity contribution < 1.29 is 9.84 Å². The zero-order chi connectivity index (χ0) is 11.3. The first-order valence-electron chi connectivity index (χ1n) is 4.45. The average Bonchev–Trinajstić information content (AvgIpc) is 2.46. The van der Waals surface area contributed by atoms with E-state index in [0.717, 1.165) is 13.7 Å². The SMILES string of the molecule is COCC(O)CNCc1cc(Br)c(Cl)s1. The third kappa shape index (κ3) is 4.80. The van der Waals surface area contributed by atoms with Gasteiger partial charge < -0.3 is 15.2 Å². The number of hydrogen-bond donors (Lipinski definition) is 2. The van der Waals surface area contributed by atoms with Crippen molar-refractivity contribution in [1.82, 2.24) is 5.32 Å². The lowest BCUT2D eigenvalue weighted by Gasteiger charge is -2.09. The highest BCUT2D eigenvalue weighted by molar-refractivity contribution is 9.10. The van der Waals surface area contributed by atoms with E-state index >= 15 is 0 Å². The van der Waals surface area contributed by atoms with Crippen molar-refractivity contribution in [2.24, 2.45) is 0 Å². The average molecular weight is 315 g/mol. The van der Waals surface area contributed by atoms with E-state index in [1.165, 1.54) is 11.3 Å². The molecule has 1 unspecified atom stereocenters. The van der Waals surface area contributed by atoms with Crippen molar-refractivity contribution >= 4 is 38.9 Å². The summed E-state index contributed by atoms with van der Waals surface area (Å²) in [4.78, 5) is 1.14. The molecule has 0 saturated carbocycles. The summed E-state index contributed by atoms with van der Waals surface area (Å²) in [5.74, 6) is 0. The Bertz CT molecular complexity index is 289. The summed E-state index contributed by atoms with van der Waals surface area (Å²) in [6, 6.07) is 1.97. The summed E-state index contributed by atoms with van der Waals surface area (Å²) < 4.78 is 6.49. The summed E-state index contributed by atoms with van der Waals surface area (Å²) >= 11 is 10.8. The molecule has 1 atom stereocenters. The number of thiophene rings is 1. The van der Waals surface area contributed by atoms with Crippen molar-refractivity contribution in [3.63, 3.8) is 0 Å². The van der Waals surface area contributed by atoms with Crippen LogP contribution in [0.4, 0.5) is 0 Å². The van der Waals surface area contributed by atoms with Gasteiger partial charge >= 0.3 is 0 Å². The number of nitrogens with one attached hydrogen (secondary N) is 1. The smallest absolute Gasteiger partial charge is 0.107 e. The van der Waals surface area contributed by atoms with Crippen LogP contribution in [0.2, 0.25) is 4.34 Å². The van der Waals surface area contributed by atoms with E-state index in [9.17, 15) is 5.11 Å². The van der Waals surface area contributed by atoms with Crippen LogP contribution in [-0.2, 0) is 11.3 Å². The Balaban J connectivity index is 2.25. The molecule has 86 valence electrons. The predicted molar refractivity (Wildman–Crippen MR) is 66.6 cm³/mol. The predicted octanol–water partition coefficient (Wildman–Crippen LogP) is 2.26. The Labute approximate surface area is 107 Å². The molecular formula is C9H13BrClNO2S. The topological polar surface area (TPSA) is 41.5 Å². The van der Waals surface area contributed by atoms with Gasteiger partial charge in [0.15, 0.2) is 0 Å². The molecule has 0 aromatic carbocycles. The molecule has 0 aliphatic rings. The minimum Gasteiger partial charge on any atom is -0.389 e. The van der Waals surface area contributed by atoms with E-state index in [1.807, 2.05) is 6.07 Å². The number of hydrogen-bond acceptors (Lipinski definition) is 4. The van der Waals surface area contributed by atoms with E-state index in [2.05, 4.69) is 21.2 Å². The summed E-state index contributed by atoms with van der Waals surface area (Å²) in [7, 11) is 1.57. The third-order valence-electron chi connectivity index (χ3n) is 1.73. The first-order chi connectivity index (χ1) is 7.13. The highest BCUT2D eigenvalue weighted by atomic mass is 79.9. The summed E-state index contributed by atoms with van der Waals surface area (Å²) in [6.07, 6.45) is -0.464. The lowest BCUT2D eigenvalue weighted by Crippen LogP contribution is -2.29. The minimum absolute atomic E-state index is 0.349. The molecule has 2 N–H and O–H groups in total. The fraction of sp³-hybridized carbons (Fsp3) is 0.556. The molecule has 0 spiro atoms. The maximum absolute atomic E-state index is 9.37. The Hall–Kier alpha value is 0.350. The van der Waals surface area contributed by atoms with Gasteiger partial charge in [0.05, 0.1) is 12.7 Å². The van der Waals surface area contributed by atoms with Gasteiger partial charge in [-0.3, -0.25) is 0 Å². The van der Waals surface area contributed by atoms with Crippen LogP contribution in [0.15, 0.2) is 10.5 Å². The molecule has 3 nitrogen and oxygen atoms in total. The zero-order valence-corrected chi connectivity index (χ0v) is 11.5. The molecule has 1 aromatic heterocycles. The highest BCUT2D eigenvalue weighted by Gasteiger charge is 2.06. The van der Waals surface area contributed by atoms with E-state index in [4.69, 9.17) is 16.3 Å². The summed E-state index contributed by atoms with van der Waals surface area (Å²) in [6.45, 7) is 1.57. The van der Waals surface area contributed by atoms with Gasteiger partial charge in [0.1, 0.15) is 4.34 Å². The molecule has 1 rings (SSSR count). The Kier molecular flexibility index (Phi) is 6.11. The largest absolute Gasteiger partial charge is 0.389 e. The monoisotopic (exact) mass is 313 g/mol. The van der Waals surface area contributed by atoms with E-state index in [0.29, 0.717) is 19.7 Å².